The second-order valence-electron chi connectivity index (χ2n) is 12.6. The van der Waals surface area contributed by atoms with Crippen molar-refractivity contribution in [3.05, 3.63) is 100.0 Å². The molecule has 0 aliphatic carbocycles. The molecule has 0 bridgehead atoms. The number of aliphatic hydroxyl groups is 2. The van der Waals surface area contributed by atoms with E-state index in [2.05, 4.69) is 5.32 Å². The Morgan fingerprint density at radius 1 is 0.957 bits per heavy atom. The van der Waals surface area contributed by atoms with Gasteiger partial charge in [0.2, 0.25) is 0 Å². The Morgan fingerprint density at radius 3 is 2.26 bits per heavy atom. The van der Waals surface area contributed by atoms with E-state index in [9.17, 15) is 26.9 Å². The van der Waals surface area contributed by atoms with Gasteiger partial charge in [-0.1, -0.05) is 45.0 Å². The lowest BCUT2D eigenvalue weighted by Crippen LogP contribution is -2.29. The first kappa shape index (κ1) is 32.7. The molecular formula is C39H47FN2O5. The molecule has 2 unspecified atom stereocenters. The third-order valence-corrected chi connectivity index (χ3v) is 9.10. The predicted octanol–water partition coefficient (Wildman–Crippen LogP) is 8.18. The molecule has 0 aliphatic heterocycles. The number of halogens is 1. The number of carbonyl (C=O) groups excluding carboxylic acids is 1. The zero-order valence-corrected chi connectivity index (χ0v) is 28.2. The zero-order chi connectivity index (χ0) is 36.4. The van der Waals surface area contributed by atoms with Crippen LogP contribution in [-0.2, 0) is 11.3 Å². The van der Waals surface area contributed by atoms with Crippen LogP contribution in [0.5, 0.6) is 0 Å². The number of hydrogen-bond acceptors (Lipinski definition) is 4. The van der Waals surface area contributed by atoms with E-state index < -0.39 is 48.7 Å². The van der Waals surface area contributed by atoms with E-state index in [1.165, 1.54) is 23.6 Å². The van der Waals surface area contributed by atoms with Crippen molar-refractivity contribution < 1.29 is 32.0 Å². The molecular weight excluding hydrogens is 595 g/mol. The van der Waals surface area contributed by atoms with E-state index in [1.54, 1.807) is 12.1 Å². The summed E-state index contributed by atoms with van der Waals surface area (Å²) in [6, 6.07) is 17.0. The first-order valence-corrected chi connectivity index (χ1v) is 16.1. The minimum absolute atomic E-state index is 0.261. The molecule has 47 heavy (non-hydrogen) atoms. The summed E-state index contributed by atoms with van der Waals surface area (Å²) >= 11 is 0. The fourth-order valence-corrected chi connectivity index (χ4v) is 5.85. The topological polar surface area (TPSA) is 112 Å². The van der Waals surface area contributed by atoms with E-state index in [-0.39, 0.29) is 17.9 Å². The van der Waals surface area contributed by atoms with E-state index in [4.69, 9.17) is 5.11 Å². The number of carboxylic acids is 1. The van der Waals surface area contributed by atoms with Crippen LogP contribution in [0.1, 0.15) is 87.0 Å². The van der Waals surface area contributed by atoms with Crippen molar-refractivity contribution in [2.75, 3.05) is 5.32 Å². The van der Waals surface area contributed by atoms with Crippen molar-refractivity contribution in [2.45, 2.75) is 92.4 Å². The molecule has 7 nitrogen and oxygen atoms in total. The summed E-state index contributed by atoms with van der Waals surface area (Å²) in [6.45, 7) is 10.8. The zero-order valence-electron chi connectivity index (χ0n) is 30.2. The van der Waals surface area contributed by atoms with Crippen molar-refractivity contribution in [3.63, 3.8) is 0 Å². The molecule has 250 valence electrons. The third kappa shape index (κ3) is 8.00. The number of anilines is 1. The number of amides is 1. The molecule has 1 heterocycles. The molecule has 1 aromatic heterocycles. The Morgan fingerprint density at radius 2 is 1.64 bits per heavy atom. The number of aliphatic carboxylic acids is 1. The summed E-state index contributed by atoms with van der Waals surface area (Å²) in [5, 5.41) is 33.9. The summed E-state index contributed by atoms with van der Waals surface area (Å²) in [7, 11) is 0. The first-order valence-electron chi connectivity index (χ1n) is 17.1. The second kappa shape index (κ2) is 15.1. The number of aryl methyl sites for hydroxylation is 3. The Bertz CT molecular complexity index is 1840. The van der Waals surface area contributed by atoms with Crippen molar-refractivity contribution in [2.24, 2.45) is 5.92 Å². The number of nitrogens with one attached hydrogen (secondary N) is 1. The molecule has 4 aromatic rings. The van der Waals surface area contributed by atoms with Crippen LogP contribution in [-0.4, -0.2) is 44.0 Å². The maximum absolute atomic E-state index is 14.7. The largest absolute Gasteiger partial charge is 0.481 e. The van der Waals surface area contributed by atoms with Crippen LogP contribution in [0, 0.1) is 39.4 Å². The number of aromatic nitrogens is 1. The van der Waals surface area contributed by atoms with Gasteiger partial charge in [0, 0.05) is 35.8 Å². The minimum atomic E-state index is -2.39. The minimum Gasteiger partial charge on any atom is -0.481 e. The fraction of sp³-hybridized carbons (Fsp3) is 0.385. The van der Waals surface area contributed by atoms with Gasteiger partial charge in [-0.25, -0.2) is 4.39 Å². The van der Waals surface area contributed by atoms with Crippen LogP contribution in [0.4, 0.5) is 10.1 Å². The maximum atomic E-state index is 14.7. The molecule has 1 amide bonds. The van der Waals surface area contributed by atoms with Crippen LogP contribution in [0.2, 0.25) is 0 Å². The Hall–Kier alpha value is -4.27. The fourth-order valence-electron chi connectivity index (χ4n) is 5.85. The van der Waals surface area contributed by atoms with Crippen molar-refractivity contribution >= 4 is 17.6 Å². The summed E-state index contributed by atoms with van der Waals surface area (Å²) in [4.78, 5) is 26.0. The Balaban J connectivity index is 2.13. The van der Waals surface area contributed by atoms with Crippen molar-refractivity contribution in [3.8, 4) is 22.4 Å². The SMILES string of the molecule is [2H]C([2H])(C(C)[C@@H](O)C[C@@H](O)CC(=O)O)n1c(-c2ccc(F)cc2)c(-c2cccc(C)c2C)c(C(=O)Nc2ccc(C)c(C)c2)c1C(C)CC. The highest BCUT2D eigenvalue weighted by Crippen LogP contribution is 2.45. The number of aliphatic hydroxyl groups excluding tert-OH is 2. The Kier molecular flexibility index (Phi) is 10.5. The van der Waals surface area contributed by atoms with Crippen LogP contribution < -0.4 is 5.32 Å². The standard InChI is InChI=1S/C39H47FN2O5/c1-8-22(2)37-36(39(47)41-30-17-12-23(3)25(5)18-30)35(32-11-9-10-24(4)27(32)7)38(28-13-15-29(40)16-14-28)42(37)21-26(6)33(44)19-31(43)20-34(45)46/h9-18,22,26,31,33,43-44H,8,19-21H2,1-7H3,(H,41,47)(H,45,46)/t22?,26?,31-,33+/m1/s1/i21D2. The summed E-state index contributed by atoms with van der Waals surface area (Å²) in [5.74, 6) is -3.72. The van der Waals surface area contributed by atoms with E-state index in [0.717, 1.165) is 22.3 Å². The number of carboxylic acid groups (broad SMARTS) is 1. The number of carbonyl (C=O) groups is 2. The smallest absolute Gasteiger partial charge is 0.305 e. The van der Waals surface area contributed by atoms with Gasteiger partial charge in [-0.2, -0.15) is 0 Å². The number of hydrogen-bond donors (Lipinski definition) is 4. The molecule has 0 aliphatic rings. The monoisotopic (exact) mass is 644 g/mol. The third-order valence-electron chi connectivity index (χ3n) is 9.10. The van der Waals surface area contributed by atoms with Crippen LogP contribution in [0.25, 0.3) is 22.4 Å². The highest BCUT2D eigenvalue weighted by Gasteiger charge is 2.33. The number of nitrogens with zero attached hydrogens (tertiary/aromatic N) is 1. The van der Waals surface area contributed by atoms with Gasteiger partial charge in [0.1, 0.15) is 5.82 Å². The molecule has 8 heteroatoms. The lowest BCUT2D eigenvalue weighted by atomic mass is 9.89. The molecule has 4 N–H and O–H groups in total. The van der Waals surface area contributed by atoms with E-state index in [1.807, 2.05) is 77.9 Å². The van der Waals surface area contributed by atoms with Crippen molar-refractivity contribution in [1.82, 2.24) is 4.57 Å². The predicted molar refractivity (Wildman–Crippen MR) is 185 cm³/mol. The Labute approximate surface area is 279 Å². The molecule has 0 radical (unpaired) electrons. The maximum Gasteiger partial charge on any atom is 0.305 e. The molecule has 0 saturated heterocycles. The van der Waals surface area contributed by atoms with Gasteiger partial charge < -0.3 is 25.2 Å². The number of benzene rings is 3. The van der Waals surface area contributed by atoms with Gasteiger partial charge in [0.15, 0.2) is 0 Å². The molecule has 4 rings (SSSR count). The quantitative estimate of drug-likeness (QED) is 0.117. The first-order chi connectivity index (χ1) is 23.0. The van der Waals surface area contributed by atoms with Gasteiger partial charge >= 0.3 is 5.97 Å². The van der Waals surface area contributed by atoms with Crippen LogP contribution in [0.3, 0.4) is 0 Å². The summed E-state index contributed by atoms with van der Waals surface area (Å²) in [5.41, 5.74) is 7.10. The molecule has 0 saturated carbocycles. The molecule has 0 fully saturated rings. The highest BCUT2D eigenvalue weighted by atomic mass is 19.1. The van der Waals surface area contributed by atoms with Gasteiger partial charge in [-0.15, -0.1) is 0 Å². The highest BCUT2D eigenvalue weighted by molar-refractivity contribution is 6.13. The summed E-state index contributed by atoms with van der Waals surface area (Å²) in [6.07, 6.45) is -3.29. The lowest BCUT2D eigenvalue weighted by molar-refractivity contribution is -0.139. The normalized spacial score (nSPS) is 14.9. The van der Waals surface area contributed by atoms with Gasteiger partial charge in [-0.3, -0.25) is 9.59 Å². The second-order valence-corrected chi connectivity index (χ2v) is 12.6. The van der Waals surface area contributed by atoms with Crippen LogP contribution in [0.15, 0.2) is 60.7 Å². The van der Waals surface area contributed by atoms with Crippen LogP contribution >= 0.6 is 0 Å². The van der Waals surface area contributed by atoms with Gasteiger partial charge in [0.05, 0.1) is 32.6 Å². The summed E-state index contributed by atoms with van der Waals surface area (Å²) < 4.78 is 35.2. The number of rotatable bonds is 13. The van der Waals surface area contributed by atoms with E-state index in [0.29, 0.717) is 40.2 Å². The van der Waals surface area contributed by atoms with Crippen molar-refractivity contribution in [1.29, 1.82) is 0 Å². The van der Waals surface area contributed by atoms with E-state index >= 15 is 0 Å². The molecule has 0 spiro atoms. The molecule has 4 atom stereocenters. The van der Waals surface area contributed by atoms with Gasteiger partial charge in [0.25, 0.3) is 5.91 Å². The lowest BCUT2D eigenvalue weighted by Gasteiger charge is -2.26. The molecule has 3 aromatic carbocycles. The van der Waals surface area contributed by atoms with Gasteiger partial charge in [-0.05, 0) is 110 Å². The average Bonchev–Trinajstić information content (AvgIpc) is 3.40. The average molecular weight is 645 g/mol.